The predicted molar refractivity (Wildman–Crippen MR) is 87.5 cm³/mol. The minimum absolute atomic E-state index is 0.197. The lowest BCUT2D eigenvalue weighted by Gasteiger charge is -2.32. The quantitative estimate of drug-likeness (QED) is 0.871. The van der Waals surface area contributed by atoms with Crippen molar-refractivity contribution in [3.8, 4) is 0 Å². The standard InChI is InChI=1S/C17H17FN4O2/c18-14-3-1-2-4-15(14)20-13-5-6-19-16(11-13)17(24)22-9-7-21(12-23)8-10-22/h1-6,11-12H,7-10H2,(H,19,20). The lowest BCUT2D eigenvalue weighted by molar-refractivity contribution is -0.119. The molecule has 0 aliphatic carbocycles. The number of hydrogen-bond acceptors (Lipinski definition) is 4. The molecule has 1 saturated heterocycles. The third-order valence-corrected chi connectivity index (χ3v) is 3.88. The van der Waals surface area contributed by atoms with E-state index in [4.69, 9.17) is 0 Å². The second-order valence-electron chi connectivity index (χ2n) is 5.47. The van der Waals surface area contributed by atoms with E-state index in [0.29, 0.717) is 37.6 Å². The maximum atomic E-state index is 13.7. The average molecular weight is 328 g/mol. The van der Waals surface area contributed by atoms with Crippen LogP contribution in [-0.4, -0.2) is 53.3 Å². The van der Waals surface area contributed by atoms with E-state index < -0.39 is 0 Å². The maximum absolute atomic E-state index is 13.7. The Balaban J connectivity index is 1.72. The van der Waals surface area contributed by atoms with Gasteiger partial charge in [0, 0.05) is 38.1 Å². The molecule has 1 aromatic carbocycles. The van der Waals surface area contributed by atoms with Crippen LogP contribution in [0.4, 0.5) is 15.8 Å². The highest BCUT2D eigenvalue weighted by atomic mass is 19.1. The van der Waals surface area contributed by atoms with Gasteiger partial charge in [0.15, 0.2) is 0 Å². The van der Waals surface area contributed by atoms with Crippen molar-refractivity contribution in [3.05, 3.63) is 54.1 Å². The molecule has 1 aliphatic rings. The first-order chi connectivity index (χ1) is 11.7. The molecule has 0 atom stereocenters. The number of nitrogens with zero attached hydrogens (tertiary/aromatic N) is 3. The molecule has 0 bridgehead atoms. The first kappa shape index (κ1) is 15.9. The molecule has 0 radical (unpaired) electrons. The van der Waals surface area contributed by atoms with Crippen LogP contribution in [0.1, 0.15) is 10.5 Å². The zero-order valence-electron chi connectivity index (χ0n) is 13.0. The monoisotopic (exact) mass is 328 g/mol. The molecule has 0 spiro atoms. The highest BCUT2D eigenvalue weighted by molar-refractivity contribution is 5.93. The average Bonchev–Trinajstić information content (AvgIpc) is 2.63. The molecular weight excluding hydrogens is 311 g/mol. The van der Waals surface area contributed by atoms with E-state index in [2.05, 4.69) is 10.3 Å². The van der Waals surface area contributed by atoms with E-state index in [0.717, 1.165) is 6.41 Å². The van der Waals surface area contributed by atoms with Gasteiger partial charge in [0.25, 0.3) is 5.91 Å². The minimum atomic E-state index is -0.368. The number of carbonyl (C=O) groups excluding carboxylic acids is 2. The van der Waals surface area contributed by atoms with Crippen LogP contribution in [0.2, 0.25) is 0 Å². The molecule has 1 N–H and O–H groups in total. The molecular formula is C17H17FN4O2. The van der Waals surface area contributed by atoms with Gasteiger partial charge in [-0.25, -0.2) is 4.39 Å². The first-order valence-corrected chi connectivity index (χ1v) is 7.63. The Kier molecular flexibility index (Phi) is 4.69. The summed E-state index contributed by atoms with van der Waals surface area (Å²) in [5.41, 5.74) is 1.21. The number of nitrogens with one attached hydrogen (secondary N) is 1. The molecule has 0 unspecified atom stereocenters. The van der Waals surface area contributed by atoms with E-state index >= 15 is 0 Å². The topological polar surface area (TPSA) is 65.5 Å². The fraction of sp³-hybridized carbons (Fsp3) is 0.235. The van der Waals surface area contributed by atoms with Crippen LogP contribution in [0.5, 0.6) is 0 Å². The van der Waals surface area contributed by atoms with Crippen molar-refractivity contribution in [2.24, 2.45) is 0 Å². The summed E-state index contributed by atoms with van der Waals surface area (Å²) in [6.45, 7) is 1.99. The van der Waals surface area contributed by atoms with Crippen LogP contribution in [0.15, 0.2) is 42.6 Å². The lowest BCUT2D eigenvalue weighted by atomic mass is 10.2. The third-order valence-electron chi connectivity index (χ3n) is 3.88. The number of halogens is 1. The van der Waals surface area contributed by atoms with Gasteiger partial charge in [0.05, 0.1) is 5.69 Å². The number of aromatic nitrogens is 1. The summed E-state index contributed by atoms with van der Waals surface area (Å²) in [6, 6.07) is 9.60. The Morgan fingerprint density at radius 1 is 1.17 bits per heavy atom. The normalized spacial score (nSPS) is 14.4. The van der Waals surface area contributed by atoms with Crippen molar-refractivity contribution >= 4 is 23.7 Å². The van der Waals surface area contributed by atoms with Gasteiger partial charge in [0.1, 0.15) is 11.5 Å². The SMILES string of the molecule is O=CN1CCN(C(=O)c2cc(Nc3ccccc3F)ccn2)CC1. The summed E-state index contributed by atoms with van der Waals surface area (Å²) in [4.78, 5) is 30.6. The Morgan fingerprint density at radius 2 is 1.92 bits per heavy atom. The van der Waals surface area contributed by atoms with Gasteiger partial charge in [-0.15, -0.1) is 0 Å². The Labute approximate surface area is 138 Å². The van der Waals surface area contributed by atoms with Crippen LogP contribution in [0, 0.1) is 5.82 Å². The van der Waals surface area contributed by atoms with E-state index in [1.54, 1.807) is 40.1 Å². The summed E-state index contributed by atoms with van der Waals surface area (Å²) < 4.78 is 13.7. The number of amides is 2. The Bertz CT molecular complexity index is 745. The van der Waals surface area contributed by atoms with Crippen molar-refractivity contribution < 1.29 is 14.0 Å². The number of carbonyl (C=O) groups is 2. The number of pyridine rings is 1. The highest BCUT2D eigenvalue weighted by Gasteiger charge is 2.22. The summed E-state index contributed by atoms with van der Waals surface area (Å²) >= 11 is 0. The number of rotatable bonds is 4. The summed E-state index contributed by atoms with van der Waals surface area (Å²) in [5, 5.41) is 2.95. The van der Waals surface area contributed by atoms with E-state index in [-0.39, 0.29) is 17.4 Å². The molecule has 2 aromatic rings. The zero-order chi connectivity index (χ0) is 16.9. The summed E-state index contributed by atoms with van der Waals surface area (Å²) in [5.74, 6) is -0.565. The molecule has 6 nitrogen and oxygen atoms in total. The van der Waals surface area contributed by atoms with Crippen LogP contribution in [0.3, 0.4) is 0 Å². The van der Waals surface area contributed by atoms with Gasteiger partial charge in [-0.3, -0.25) is 14.6 Å². The molecule has 3 rings (SSSR count). The van der Waals surface area contributed by atoms with Gasteiger partial charge < -0.3 is 15.1 Å². The van der Waals surface area contributed by atoms with E-state index in [9.17, 15) is 14.0 Å². The van der Waals surface area contributed by atoms with Crippen molar-refractivity contribution in [2.75, 3.05) is 31.5 Å². The summed E-state index contributed by atoms with van der Waals surface area (Å²) in [6.07, 6.45) is 2.30. The maximum Gasteiger partial charge on any atom is 0.272 e. The molecule has 1 aliphatic heterocycles. The lowest BCUT2D eigenvalue weighted by Crippen LogP contribution is -2.48. The van der Waals surface area contributed by atoms with Gasteiger partial charge in [-0.05, 0) is 24.3 Å². The first-order valence-electron chi connectivity index (χ1n) is 7.63. The number of para-hydroxylation sites is 1. The summed E-state index contributed by atoms with van der Waals surface area (Å²) in [7, 11) is 0. The predicted octanol–water partition coefficient (Wildman–Crippen LogP) is 1.88. The van der Waals surface area contributed by atoms with Crippen molar-refractivity contribution in [1.29, 1.82) is 0 Å². The van der Waals surface area contributed by atoms with Gasteiger partial charge in [0.2, 0.25) is 6.41 Å². The van der Waals surface area contributed by atoms with Gasteiger partial charge in [-0.2, -0.15) is 0 Å². The van der Waals surface area contributed by atoms with Crippen molar-refractivity contribution in [1.82, 2.24) is 14.8 Å². The largest absolute Gasteiger partial charge is 0.353 e. The second kappa shape index (κ2) is 7.08. The van der Waals surface area contributed by atoms with Gasteiger partial charge in [-0.1, -0.05) is 12.1 Å². The number of anilines is 2. The molecule has 1 fully saturated rings. The van der Waals surface area contributed by atoms with Crippen LogP contribution in [-0.2, 0) is 4.79 Å². The van der Waals surface area contributed by atoms with Crippen LogP contribution in [0.25, 0.3) is 0 Å². The fourth-order valence-electron chi connectivity index (χ4n) is 2.54. The van der Waals surface area contributed by atoms with Crippen LogP contribution < -0.4 is 5.32 Å². The third kappa shape index (κ3) is 3.51. The molecule has 1 aromatic heterocycles. The van der Waals surface area contributed by atoms with Crippen molar-refractivity contribution in [3.63, 3.8) is 0 Å². The molecule has 2 heterocycles. The van der Waals surface area contributed by atoms with E-state index in [1.165, 1.54) is 12.3 Å². The Morgan fingerprint density at radius 3 is 2.62 bits per heavy atom. The number of benzene rings is 1. The molecule has 2 amide bonds. The number of piperazine rings is 1. The molecule has 124 valence electrons. The number of hydrogen-bond donors (Lipinski definition) is 1. The highest BCUT2D eigenvalue weighted by Crippen LogP contribution is 2.20. The molecule has 24 heavy (non-hydrogen) atoms. The van der Waals surface area contributed by atoms with Gasteiger partial charge >= 0.3 is 0 Å². The molecule has 7 heteroatoms. The fourth-order valence-corrected chi connectivity index (χ4v) is 2.54. The minimum Gasteiger partial charge on any atom is -0.353 e. The van der Waals surface area contributed by atoms with Crippen LogP contribution >= 0.6 is 0 Å². The molecule has 0 saturated carbocycles. The zero-order valence-corrected chi connectivity index (χ0v) is 13.0. The second-order valence-corrected chi connectivity index (χ2v) is 5.47. The smallest absolute Gasteiger partial charge is 0.272 e. The van der Waals surface area contributed by atoms with E-state index in [1.807, 2.05) is 0 Å². The Hall–Kier alpha value is -2.96. The van der Waals surface area contributed by atoms with Crippen molar-refractivity contribution in [2.45, 2.75) is 0 Å².